The van der Waals surface area contributed by atoms with Crippen LogP contribution in [0.25, 0.3) is 0 Å². The quantitative estimate of drug-likeness (QED) is 0.485. The van der Waals surface area contributed by atoms with Gasteiger partial charge >= 0.3 is 0 Å². The summed E-state index contributed by atoms with van der Waals surface area (Å²) in [5.74, 6) is 0.808. The average molecular weight is 128 g/mol. The number of hydrogen-bond acceptors (Lipinski definition) is 4. The van der Waals surface area contributed by atoms with Gasteiger partial charge in [-0.05, 0) is 6.42 Å². The van der Waals surface area contributed by atoms with E-state index in [0.29, 0.717) is 5.84 Å². The molecule has 1 saturated heterocycles. The first-order valence-electron chi connectivity index (χ1n) is 2.99. The topological polar surface area (TPSA) is 56.8 Å². The highest BCUT2D eigenvalue weighted by atomic mass is 16.8. The van der Waals surface area contributed by atoms with Gasteiger partial charge in [-0.2, -0.15) is 0 Å². The molecule has 4 heteroatoms. The third kappa shape index (κ3) is 0.595. The Bertz CT molecular complexity index is 157. The van der Waals surface area contributed by atoms with Crippen LogP contribution in [0.3, 0.4) is 0 Å². The third-order valence-corrected chi connectivity index (χ3v) is 1.68. The minimum Gasteiger partial charge on any atom is -0.384 e. The third-order valence-electron chi connectivity index (χ3n) is 1.68. The van der Waals surface area contributed by atoms with Crippen LogP contribution in [0.5, 0.6) is 0 Å². The molecule has 2 rings (SSSR count). The molecule has 50 valence electrons. The second kappa shape index (κ2) is 1.60. The van der Waals surface area contributed by atoms with Crippen molar-refractivity contribution in [1.29, 1.82) is 0 Å². The molecule has 2 heterocycles. The molecule has 0 saturated carbocycles. The molecule has 2 aliphatic rings. The summed E-state index contributed by atoms with van der Waals surface area (Å²) in [5, 5.41) is 3.59. The van der Waals surface area contributed by atoms with Crippen LogP contribution < -0.4 is 5.73 Å². The van der Waals surface area contributed by atoms with Crippen molar-refractivity contribution in [3.8, 4) is 0 Å². The van der Waals surface area contributed by atoms with Gasteiger partial charge in [0, 0.05) is 0 Å². The summed E-state index contributed by atoms with van der Waals surface area (Å²) in [6, 6.07) is 0. The molecule has 0 amide bonds. The zero-order valence-corrected chi connectivity index (χ0v) is 4.91. The number of oxime groups is 1. The minimum absolute atomic E-state index is 0.176. The van der Waals surface area contributed by atoms with Crippen molar-refractivity contribution in [3.63, 3.8) is 0 Å². The highest BCUT2D eigenvalue weighted by Gasteiger charge is 2.37. The first-order valence-corrected chi connectivity index (χ1v) is 2.99. The summed E-state index contributed by atoms with van der Waals surface area (Å²) >= 11 is 0. The summed E-state index contributed by atoms with van der Waals surface area (Å²) in [7, 11) is 0. The van der Waals surface area contributed by atoms with E-state index in [-0.39, 0.29) is 12.2 Å². The van der Waals surface area contributed by atoms with Gasteiger partial charge in [0.25, 0.3) is 0 Å². The molecular formula is C5H8N2O2. The summed E-state index contributed by atoms with van der Waals surface area (Å²) < 4.78 is 5.13. The first-order chi connectivity index (χ1) is 4.38. The van der Waals surface area contributed by atoms with Crippen LogP contribution >= 0.6 is 0 Å². The average Bonchev–Trinajstić information content (AvgIpc) is 2.35. The molecule has 2 atom stereocenters. The van der Waals surface area contributed by atoms with Gasteiger partial charge in [0.05, 0.1) is 12.5 Å². The second-order valence-corrected chi connectivity index (χ2v) is 2.26. The Labute approximate surface area is 52.6 Å². The summed E-state index contributed by atoms with van der Waals surface area (Å²) in [5.41, 5.74) is 5.46. The van der Waals surface area contributed by atoms with Crippen LogP contribution in [0.2, 0.25) is 0 Å². The Morgan fingerprint density at radius 3 is 3.33 bits per heavy atom. The molecule has 2 aliphatic heterocycles. The molecule has 0 bridgehead atoms. The monoisotopic (exact) mass is 128 g/mol. The van der Waals surface area contributed by atoms with Crippen LogP contribution in [-0.4, -0.2) is 18.7 Å². The van der Waals surface area contributed by atoms with Gasteiger partial charge in [0.2, 0.25) is 6.29 Å². The van der Waals surface area contributed by atoms with Crippen molar-refractivity contribution in [2.24, 2.45) is 16.8 Å². The standard InChI is InChI=1S/C5H8N2O2/c6-4-3-1-2-8-5(3)9-7-4/h3,5H,1-2H2,(H2,6,7)/t3-,5+/m1/s1. The largest absolute Gasteiger partial charge is 0.384 e. The maximum atomic E-state index is 5.46. The van der Waals surface area contributed by atoms with Crippen molar-refractivity contribution in [1.82, 2.24) is 0 Å². The Hall–Kier alpha value is -0.770. The molecule has 0 radical (unpaired) electrons. The van der Waals surface area contributed by atoms with Crippen LogP contribution in [0.1, 0.15) is 6.42 Å². The van der Waals surface area contributed by atoms with Crippen LogP contribution in [0.4, 0.5) is 0 Å². The first kappa shape index (κ1) is 5.05. The van der Waals surface area contributed by atoms with Crippen LogP contribution in [0, 0.1) is 5.92 Å². The van der Waals surface area contributed by atoms with E-state index in [1.165, 1.54) is 0 Å². The van der Waals surface area contributed by atoms with Crippen molar-refractivity contribution in [3.05, 3.63) is 0 Å². The number of ether oxygens (including phenoxy) is 1. The van der Waals surface area contributed by atoms with E-state index in [0.717, 1.165) is 13.0 Å². The molecule has 0 aromatic carbocycles. The molecule has 0 aromatic heterocycles. The van der Waals surface area contributed by atoms with Crippen LogP contribution in [0.15, 0.2) is 5.16 Å². The number of fused-ring (bicyclic) bond motifs is 1. The van der Waals surface area contributed by atoms with Crippen molar-refractivity contribution in [2.45, 2.75) is 12.7 Å². The Morgan fingerprint density at radius 1 is 1.67 bits per heavy atom. The van der Waals surface area contributed by atoms with E-state index in [9.17, 15) is 0 Å². The molecule has 0 aliphatic carbocycles. The van der Waals surface area contributed by atoms with E-state index in [2.05, 4.69) is 5.16 Å². The summed E-state index contributed by atoms with van der Waals surface area (Å²) in [6.45, 7) is 0.742. The molecule has 0 unspecified atom stereocenters. The van der Waals surface area contributed by atoms with Gasteiger partial charge in [0.15, 0.2) is 0 Å². The highest BCUT2D eigenvalue weighted by molar-refractivity contribution is 5.83. The molecule has 1 fully saturated rings. The number of amidine groups is 1. The molecule has 4 nitrogen and oxygen atoms in total. The van der Waals surface area contributed by atoms with E-state index in [1.807, 2.05) is 0 Å². The fraction of sp³-hybridized carbons (Fsp3) is 0.800. The number of nitrogens with two attached hydrogens (primary N) is 1. The van der Waals surface area contributed by atoms with Crippen LogP contribution in [-0.2, 0) is 9.57 Å². The predicted octanol–water partition coefficient (Wildman–Crippen LogP) is -0.349. The molecule has 2 N–H and O–H groups in total. The number of nitrogens with zero attached hydrogens (tertiary/aromatic N) is 1. The molecule has 0 aromatic rings. The zero-order valence-electron chi connectivity index (χ0n) is 4.91. The molecule has 9 heavy (non-hydrogen) atoms. The van der Waals surface area contributed by atoms with Gasteiger partial charge < -0.3 is 15.3 Å². The van der Waals surface area contributed by atoms with Gasteiger partial charge in [-0.1, -0.05) is 5.16 Å². The smallest absolute Gasteiger partial charge is 0.237 e. The Morgan fingerprint density at radius 2 is 2.56 bits per heavy atom. The summed E-state index contributed by atoms with van der Waals surface area (Å²) in [4.78, 5) is 4.83. The van der Waals surface area contributed by atoms with E-state index in [1.54, 1.807) is 0 Å². The highest BCUT2D eigenvalue weighted by Crippen LogP contribution is 2.26. The van der Waals surface area contributed by atoms with Crippen molar-refractivity contribution in [2.75, 3.05) is 6.61 Å². The van der Waals surface area contributed by atoms with Crippen molar-refractivity contribution >= 4 is 5.84 Å². The SMILES string of the molecule is NC1=NO[C@@H]2OCC[C@H]12. The lowest BCUT2D eigenvalue weighted by molar-refractivity contribution is -0.106. The van der Waals surface area contributed by atoms with Gasteiger partial charge in [-0.15, -0.1) is 0 Å². The second-order valence-electron chi connectivity index (χ2n) is 2.26. The lowest BCUT2D eigenvalue weighted by atomic mass is 10.1. The Kier molecular flexibility index (Phi) is 0.900. The number of rotatable bonds is 0. The fourth-order valence-electron chi connectivity index (χ4n) is 1.14. The maximum absolute atomic E-state index is 5.46. The van der Waals surface area contributed by atoms with Gasteiger partial charge in [-0.25, -0.2) is 0 Å². The number of hydrogen-bond donors (Lipinski definition) is 1. The fourth-order valence-corrected chi connectivity index (χ4v) is 1.14. The molecule has 0 spiro atoms. The predicted molar refractivity (Wildman–Crippen MR) is 30.6 cm³/mol. The van der Waals surface area contributed by atoms with E-state index >= 15 is 0 Å². The maximum Gasteiger partial charge on any atom is 0.237 e. The van der Waals surface area contributed by atoms with Gasteiger partial charge in [0.1, 0.15) is 5.84 Å². The van der Waals surface area contributed by atoms with Crippen molar-refractivity contribution < 1.29 is 9.57 Å². The van der Waals surface area contributed by atoms with Gasteiger partial charge in [-0.3, -0.25) is 0 Å². The van der Waals surface area contributed by atoms with E-state index < -0.39 is 0 Å². The zero-order chi connectivity index (χ0) is 6.27. The van der Waals surface area contributed by atoms with E-state index in [4.69, 9.17) is 15.3 Å². The molecular weight excluding hydrogens is 120 g/mol. The lowest BCUT2D eigenvalue weighted by Gasteiger charge is -2.03. The lowest BCUT2D eigenvalue weighted by Crippen LogP contribution is -2.23. The summed E-state index contributed by atoms with van der Waals surface area (Å²) in [6.07, 6.45) is 0.769. The Balaban J connectivity index is 2.16. The normalized spacial score (nSPS) is 39.8. The minimum atomic E-state index is -0.176.